The summed E-state index contributed by atoms with van der Waals surface area (Å²) in [6.45, 7) is 2.69. The number of phenols is 1. The highest BCUT2D eigenvalue weighted by Gasteiger charge is 2.21. The molecule has 0 saturated carbocycles. The molecule has 0 spiro atoms. The third-order valence-corrected chi connectivity index (χ3v) is 5.91. The maximum atomic E-state index is 12.6. The molecule has 0 amide bonds. The summed E-state index contributed by atoms with van der Waals surface area (Å²) in [5.74, 6) is -0.276. The van der Waals surface area contributed by atoms with Crippen LogP contribution in [0.4, 0.5) is 0 Å². The Hall–Kier alpha value is -4.05. The number of fused-ring (bicyclic) bond motifs is 3. The molecule has 5 rings (SSSR count). The van der Waals surface area contributed by atoms with Crippen LogP contribution in [0.25, 0.3) is 32.9 Å². The van der Waals surface area contributed by atoms with Gasteiger partial charge in [0.05, 0.1) is 29.1 Å². The zero-order chi connectivity index (χ0) is 22.2. The fourth-order valence-electron chi connectivity index (χ4n) is 4.48. The predicted octanol–water partition coefficient (Wildman–Crippen LogP) is 6.31. The van der Waals surface area contributed by atoms with Crippen molar-refractivity contribution in [3.8, 4) is 16.9 Å². The largest absolute Gasteiger partial charge is 0.507 e. The van der Waals surface area contributed by atoms with Crippen LogP contribution in [0.3, 0.4) is 0 Å². The topological polar surface area (TPSA) is 51.5 Å². The zero-order valence-electron chi connectivity index (χ0n) is 18.0. The van der Waals surface area contributed by atoms with Crippen LogP contribution < -0.4 is 0 Å². The Kier molecular flexibility index (Phi) is 4.91. The van der Waals surface area contributed by atoms with Gasteiger partial charge in [0.15, 0.2) is 0 Å². The van der Waals surface area contributed by atoms with Crippen molar-refractivity contribution in [2.45, 2.75) is 13.5 Å². The van der Waals surface area contributed by atoms with Crippen molar-refractivity contribution in [1.82, 2.24) is 4.57 Å². The van der Waals surface area contributed by atoms with Gasteiger partial charge in [0.2, 0.25) is 0 Å². The monoisotopic (exact) mass is 421 g/mol. The average Bonchev–Trinajstić information content (AvgIpc) is 3.13. The lowest BCUT2D eigenvalue weighted by atomic mass is 10.0. The number of rotatable bonds is 4. The summed E-state index contributed by atoms with van der Waals surface area (Å²) in [6.07, 6.45) is 0. The first kappa shape index (κ1) is 19.9. The van der Waals surface area contributed by atoms with E-state index in [1.54, 1.807) is 12.1 Å². The lowest BCUT2D eigenvalue weighted by molar-refractivity contribution is 0.0603. The number of ether oxygens (including phenoxy) is 1. The van der Waals surface area contributed by atoms with Crippen LogP contribution in [0.15, 0.2) is 84.9 Å². The van der Waals surface area contributed by atoms with Crippen LogP contribution in [-0.4, -0.2) is 22.8 Å². The van der Waals surface area contributed by atoms with Gasteiger partial charge in [-0.05, 0) is 47.9 Å². The molecule has 0 unspecified atom stereocenters. The van der Waals surface area contributed by atoms with E-state index >= 15 is 0 Å². The fourth-order valence-corrected chi connectivity index (χ4v) is 4.48. The summed E-state index contributed by atoms with van der Waals surface area (Å²) in [7, 11) is 1.38. The molecule has 0 saturated heterocycles. The molecule has 32 heavy (non-hydrogen) atoms. The maximum Gasteiger partial charge on any atom is 0.338 e. The first-order valence-electron chi connectivity index (χ1n) is 10.5. The fraction of sp³-hybridized carbons (Fsp3) is 0.107. The van der Waals surface area contributed by atoms with Crippen LogP contribution in [0.1, 0.15) is 21.5 Å². The quantitative estimate of drug-likeness (QED) is 0.346. The minimum Gasteiger partial charge on any atom is -0.507 e. The van der Waals surface area contributed by atoms with E-state index in [0.717, 1.165) is 27.7 Å². The van der Waals surface area contributed by atoms with E-state index in [1.165, 1.54) is 12.7 Å². The SMILES string of the molecule is COC(=O)c1cccc2c1c1c(O)cc(-c3ccccc3)cc1n2Cc1cccc(C)c1. The molecule has 0 aliphatic carbocycles. The number of aromatic hydroxyl groups is 1. The lowest BCUT2D eigenvalue weighted by Crippen LogP contribution is -2.03. The van der Waals surface area contributed by atoms with Gasteiger partial charge in [-0.3, -0.25) is 0 Å². The standard InChI is InChI=1S/C28H23NO3/c1-18-8-6-9-19(14-18)17-29-23-13-7-12-22(28(31)32-2)26(23)27-24(29)15-21(16-25(27)30)20-10-4-3-5-11-20/h3-16,30H,17H2,1-2H3. The number of hydrogen-bond donors (Lipinski definition) is 1. The number of nitrogens with zero attached hydrogens (tertiary/aromatic N) is 1. The minimum absolute atomic E-state index is 0.144. The Bertz CT molecular complexity index is 1470. The molecule has 4 heteroatoms. The van der Waals surface area contributed by atoms with Gasteiger partial charge in [-0.2, -0.15) is 0 Å². The number of aryl methyl sites for hydroxylation is 1. The van der Waals surface area contributed by atoms with Crippen molar-refractivity contribution < 1.29 is 14.6 Å². The summed E-state index contributed by atoms with van der Waals surface area (Å²) in [4.78, 5) is 12.6. The summed E-state index contributed by atoms with van der Waals surface area (Å²) in [5, 5.41) is 12.5. The molecule has 0 bridgehead atoms. The Morgan fingerprint density at radius 3 is 2.38 bits per heavy atom. The third-order valence-electron chi connectivity index (χ3n) is 5.91. The smallest absolute Gasteiger partial charge is 0.338 e. The van der Waals surface area contributed by atoms with Crippen LogP contribution in [-0.2, 0) is 11.3 Å². The van der Waals surface area contributed by atoms with Gasteiger partial charge in [0, 0.05) is 11.9 Å². The molecule has 1 aromatic heterocycles. The van der Waals surface area contributed by atoms with E-state index in [4.69, 9.17) is 4.74 Å². The first-order valence-corrected chi connectivity index (χ1v) is 10.5. The molecular weight excluding hydrogens is 398 g/mol. The second-order valence-electron chi connectivity index (χ2n) is 8.02. The van der Waals surface area contributed by atoms with Gasteiger partial charge in [-0.25, -0.2) is 4.79 Å². The van der Waals surface area contributed by atoms with E-state index in [2.05, 4.69) is 35.8 Å². The van der Waals surface area contributed by atoms with Crippen molar-refractivity contribution in [3.63, 3.8) is 0 Å². The molecule has 4 nitrogen and oxygen atoms in total. The second-order valence-corrected chi connectivity index (χ2v) is 8.02. The van der Waals surface area contributed by atoms with Gasteiger partial charge in [-0.1, -0.05) is 66.2 Å². The lowest BCUT2D eigenvalue weighted by Gasteiger charge is -2.10. The first-order chi connectivity index (χ1) is 15.6. The maximum absolute atomic E-state index is 12.6. The summed E-state index contributed by atoms with van der Waals surface area (Å²) < 4.78 is 7.20. The van der Waals surface area contributed by atoms with Crippen LogP contribution in [0, 0.1) is 6.92 Å². The molecule has 1 N–H and O–H groups in total. The molecule has 0 aliphatic heterocycles. The van der Waals surface area contributed by atoms with Gasteiger partial charge in [0.1, 0.15) is 5.75 Å². The number of aromatic nitrogens is 1. The highest BCUT2D eigenvalue weighted by molar-refractivity contribution is 6.19. The molecule has 158 valence electrons. The average molecular weight is 421 g/mol. The third kappa shape index (κ3) is 3.30. The van der Waals surface area contributed by atoms with E-state index in [-0.39, 0.29) is 5.75 Å². The Labute approximate surface area is 186 Å². The Morgan fingerprint density at radius 1 is 0.844 bits per heavy atom. The number of hydrogen-bond acceptors (Lipinski definition) is 3. The number of carbonyl (C=O) groups excluding carboxylic acids is 1. The predicted molar refractivity (Wildman–Crippen MR) is 128 cm³/mol. The van der Waals surface area contributed by atoms with E-state index < -0.39 is 5.97 Å². The van der Waals surface area contributed by atoms with Crippen molar-refractivity contribution >= 4 is 27.8 Å². The van der Waals surface area contributed by atoms with Gasteiger partial charge < -0.3 is 14.4 Å². The number of methoxy groups -OCH3 is 1. The van der Waals surface area contributed by atoms with Crippen molar-refractivity contribution in [3.05, 3.63) is 102 Å². The van der Waals surface area contributed by atoms with E-state index in [0.29, 0.717) is 22.9 Å². The number of carbonyl (C=O) groups is 1. The summed E-state index contributed by atoms with van der Waals surface area (Å²) in [6, 6.07) is 27.8. The Balaban J connectivity index is 1.86. The molecule has 4 aromatic carbocycles. The zero-order valence-corrected chi connectivity index (χ0v) is 18.0. The molecule has 1 heterocycles. The van der Waals surface area contributed by atoms with Crippen molar-refractivity contribution in [2.75, 3.05) is 7.11 Å². The highest BCUT2D eigenvalue weighted by Crippen LogP contribution is 2.40. The summed E-state index contributed by atoms with van der Waals surface area (Å²) in [5.41, 5.74) is 6.47. The number of benzene rings is 4. The van der Waals surface area contributed by atoms with Gasteiger partial charge in [0.25, 0.3) is 0 Å². The van der Waals surface area contributed by atoms with Crippen LogP contribution in [0.2, 0.25) is 0 Å². The molecule has 0 atom stereocenters. The van der Waals surface area contributed by atoms with Crippen molar-refractivity contribution in [2.24, 2.45) is 0 Å². The van der Waals surface area contributed by atoms with Crippen LogP contribution in [0.5, 0.6) is 5.75 Å². The molecule has 0 radical (unpaired) electrons. The van der Waals surface area contributed by atoms with Crippen LogP contribution >= 0.6 is 0 Å². The minimum atomic E-state index is -0.420. The van der Waals surface area contributed by atoms with Gasteiger partial charge >= 0.3 is 5.97 Å². The highest BCUT2D eigenvalue weighted by atomic mass is 16.5. The number of esters is 1. The summed E-state index contributed by atoms with van der Waals surface area (Å²) >= 11 is 0. The molecule has 0 aliphatic rings. The molecular formula is C28H23NO3. The van der Waals surface area contributed by atoms with E-state index in [1.807, 2.05) is 48.5 Å². The Morgan fingerprint density at radius 2 is 1.62 bits per heavy atom. The molecule has 5 aromatic rings. The van der Waals surface area contributed by atoms with Gasteiger partial charge in [-0.15, -0.1) is 0 Å². The normalized spacial score (nSPS) is 11.2. The number of phenolic OH excluding ortho intramolecular Hbond substituents is 1. The molecule has 0 fully saturated rings. The van der Waals surface area contributed by atoms with Crippen molar-refractivity contribution in [1.29, 1.82) is 0 Å². The second kappa shape index (κ2) is 7.89. The van der Waals surface area contributed by atoms with E-state index in [9.17, 15) is 9.90 Å².